The van der Waals surface area contributed by atoms with E-state index >= 15 is 0 Å². The van der Waals surface area contributed by atoms with Crippen molar-refractivity contribution >= 4 is 35.6 Å². The molecular weight excluding hydrogens is 406 g/mol. The third kappa shape index (κ3) is 9.79. The molecule has 0 radical (unpaired) electrons. The molecule has 0 aromatic carbocycles. The Morgan fingerprint density at radius 3 is 1.90 bits per heavy atom. The van der Waals surface area contributed by atoms with Crippen LogP contribution in [0.1, 0.15) is 33.1 Å². The lowest BCUT2D eigenvalue weighted by Crippen LogP contribution is -2.59. The molecular formula is C16H27N5O9. The van der Waals surface area contributed by atoms with E-state index in [0.717, 1.165) is 6.92 Å². The molecule has 0 aliphatic heterocycles. The Morgan fingerprint density at radius 2 is 1.47 bits per heavy atom. The minimum absolute atomic E-state index is 0.416. The molecule has 14 heteroatoms. The number of aliphatic carboxylic acids is 2. The van der Waals surface area contributed by atoms with Crippen LogP contribution in [0.2, 0.25) is 0 Å². The van der Waals surface area contributed by atoms with E-state index in [2.05, 4.69) is 10.6 Å². The summed E-state index contributed by atoms with van der Waals surface area (Å²) in [4.78, 5) is 68.9. The summed E-state index contributed by atoms with van der Waals surface area (Å²) in [6.07, 6.45) is -2.85. The molecule has 14 nitrogen and oxygen atoms in total. The first kappa shape index (κ1) is 26.7. The lowest BCUT2D eigenvalue weighted by atomic mass is 10.1. The van der Waals surface area contributed by atoms with E-state index in [9.17, 15) is 33.9 Å². The van der Waals surface area contributed by atoms with Crippen LogP contribution in [-0.4, -0.2) is 81.2 Å². The molecule has 0 aromatic rings. The first-order valence-electron chi connectivity index (χ1n) is 8.83. The molecule has 0 fully saturated rings. The Labute approximate surface area is 171 Å². The summed E-state index contributed by atoms with van der Waals surface area (Å²) in [5, 5.41) is 33.9. The van der Waals surface area contributed by atoms with Crippen molar-refractivity contribution in [3.05, 3.63) is 0 Å². The van der Waals surface area contributed by atoms with Crippen molar-refractivity contribution in [1.82, 2.24) is 16.0 Å². The highest BCUT2D eigenvalue weighted by Crippen LogP contribution is 2.02. The molecule has 0 aliphatic rings. The van der Waals surface area contributed by atoms with Gasteiger partial charge < -0.3 is 42.7 Å². The van der Waals surface area contributed by atoms with Gasteiger partial charge in [0.15, 0.2) is 0 Å². The minimum atomic E-state index is -1.59. The number of rotatable bonds is 13. The molecule has 0 bridgehead atoms. The average molecular weight is 433 g/mol. The zero-order valence-electron chi connectivity index (χ0n) is 16.5. The lowest BCUT2D eigenvalue weighted by Gasteiger charge is -2.25. The van der Waals surface area contributed by atoms with Gasteiger partial charge in [-0.3, -0.25) is 24.0 Å². The molecule has 0 spiro atoms. The number of aliphatic hydroxyl groups is 1. The SMILES string of the molecule is CC(NC(=O)C(N)CC(N)=O)C(=O)NC(C(=O)NC(CCC(=O)O)C(=O)O)C(C)O. The lowest BCUT2D eigenvalue weighted by molar-refractivity contribution is -0.144. The normalized spacial score (nSPS) is 15.6. The van der Waals surface area contributed by atoms with Gasteiger partial charge in [0.25, 0.3) is 0 Å². The number of amides is 4. The monoisotopic (exact) mass is 433 g/mol. The Balaban J connectivity index is 5.03. The molecule has 0 rings (SSSR count). The van der Waals surface area contributed by atoms with Crippen LogP contribution in [0.5, 0.6) is 0 Å². The van der Waals surface area contributed by atoms with E-state index in [1.54, 1.807) is 0 Å². The second-order valence-corrected chi connectivity index (χ2v) is 6.57. The Hall–Kier alpha value is -3.26. The van der Waals surface area contributed by atoms with Crippen LogP contribution < -0.4 is 27.4 Å². The van der Waals surface area contributed by atoms with E-state index in [-0.39, 0.29) is 0 Å². The maximum absolute atomic E-state index is 12.3. The fourth-order valence-electron chi connectivity index (χ4n) is 2.17. The zero-order valence-corrected chi connectivity index (χ0v) is 16.5. The van der Waals surface area contributed by atoms with Crippen LogP contribution in [0.25, 0.3) is 0 Å². The first-order valence-corrected chi connectivity index (χ1v) is 8.83. The van der Waals surface area contributed by atoms with Crippen molar-refractivity contribution in [3.8, 4) is 0 Å². The summed E-state index contributed by atoms with van der Waals surface area (Å²) in [6, 6.07) is -5.68. The number of nitrogens with one attached hydrogen (secondary N) is 3. The second kappa shape index (κ2) is 12.3. The van der Waals surface area contributed by atoms with Crippen LogP contribution in [0.4, 0.5) is 0 Å². The number of hydrogen-bond donors (Lipinski definition) is 8. The Kier molecular flexibility index (Phi) is 11.0. The predicted octanol–water partition coefficient (Wildman–Crippen LogP) is -4.01. The van der Waals surface area contributed by atoms with Gasteiger partial charge >= 0.3 is 11.9 Å². The Bertz CT molecular complexity index is 682. The summed E-state index contributed by atoms with van der Waals surface area (Å²) in [7, 11) is 0. The Morgan fingerprint density at radius 1 is 0.900 bits per heavy atom. The topological polar surface area (TPSA) is 251 Å². The summed E-state index contributed by atoms with van der Waals surface area (Å²) in [6.45, 7) is 2.40. The zero-order chi connectivity index (χ0) is 23.6. The molecule has 0 saturated heterocycles. The van der Waals surface area contributed by atoms with Crippen molar-refractivity contribution in [2.75, 3.05) is 0 Å². The first-order chi connectivity index (χ1) is 13.8. The number of nitrogens with two attached hydrogens (primary N) is 2. The van der Waals surface area contributed by atoms with Crippen LogP contribution in [0, 0.1) is 0 Å². The highest BCUT2D eigenvalue weighted by atomic mass is 16.4. The van der Waals surface area contributed by atoms with Gasteiger partial charge in [0.05, 0.1) is 18.6 Å². The van der Waals surface area contributed by atoms with Crippen molar-refractivity contribution in [2.24, 2.45) is 11.5 Å². The van der Waals surface area contributed by atoms with Gasteiger partial charge in [0, 0.05) is 6.42 Å². The largest absolute Gasteiger partial charge is 0.481 e. The van der Waals surface area contributed by atoms with E-state index in [0.29, 0.717) is 0 Å². The summed E-state index contributed by atoms with van der Waals surface area (Å²) >= 11 is 0. The summed E-state index contributed by atoms with van der Waals surface area (Å²) < 4.78 is 0. The van der Waals surface area contributed by atoms with Gasteiger partial charge in [-0.25, -0.2) is 4.79 Å². The van der Waals surface area contributed by atoms with Gasteiger partial charge in [-0.05, 0) is 20.3 Å². The number of hydrogen-bond acceptors (Lipinski definition) is 8. The highest BCUT2D eigenvalue weighted by molar-refractivity contribution is 5.95. The van der Waals surface area contributed by atoms with Crippen LogP contribution >= 0.6 is 0 Å². The molecule has 5 atom stereocenters. The van der Waals surface area contributed by atoms with E-state index in [1.807, 2.05) is 5.32 Å². The average Bonchev–Trinajstić information content (AvgIpc) is 2.61. The van der Waals surface area contributed by atoms with Crippen molar-refractivity contribution < 1.29 is 44.1 Å². The fourth-order valence-corrected chi connectivity index (χ4v) is 2.17. The number of carbonyl (C=O) groups is 6. The van der Waals surface area contributed by atoms with Crippen molar-refractivity contribution in [1.29, 1.82) is 0 Å². The predicted molar refractivity (Wildman–Crippen MR) is 99.4 cm³/mol. The molecule has 4 amide bonds. The van der Waals surface area contributed by atoms with Crippen LogP contribution in [0.3, 0.4) is 0 Å². The molecule has 0 aliphatic carbocycles. The number of carboxylic acid groups (broad SMARTS) is 2. The maximum atomic E-state index is 12.3. The van der Waals surface area contributed by atoms with Crippen molar-refractivity contribution in [3.63, 3.8) is 0 Å². The molecule has 0 heterocycles. The number of carbonyl (C=O) groups excluding carboxylic acids is 4. The van der Waals surface area contributed by atoms with Gasteiger partial charge in [-0.15, -0.1) is 0 Å². The second-order valence-electron chi connectivity index (χ2n) is 6.57. The third-order valence-electron chi connectivity index (χ3n) is 3.83. The van der Waals surface area contributed by atoms with Crippen LogP contribution in [0.15, 0.2) is 0 Å². The standard InChI is InChI=1S/C16H27N5O9/c1-6(19-14(27)8(17)5-10(18)23)13(26)21-12(7(2)22)15(28)20-9(16(29)30)3-4-11(24)25/h6-9,12,22H,3-5,17H2,1-2H3,(H2,18,23)(H,19,27)(H,20,28)(H,21,26)(H,24,25)(H,29,30). The number of primary amides is 1. The highest BCUT2D eigenvalue weighted by Gasteiger charge is 2.31. The van der Waals surface area contributed by atoms with Crippen LogP contribution in [-0.2, 0) is 28.8 Å². The molecule has 10 N–H and O–H groups in total. The van der Waals surface area contributed by atoms with Gasteiger partial charge in [0.2, 0.25) is 23.6 Å². The minimum Gasteiger partial charge on any atom is -0.481 e. The molecule has 170 valence electrons. The van der Waals surface area contributed by atoms with Crippen molar-refractivity contribution in [2.45, 2.75) is 63.4 Å². The van der Waals surface area contributed by atoms with Gasteiger partial charge in [-0.2, -0.15) is 0 Å². The smallest absolute Gasteiger partial charge is 0.326 e. The van der Waals surface area contributed by atoms with E-state index < -0.39 is 85.1 Å². The van der Waals surface area contributed by atoms with E-state index in [4.69, 9.17) is 21.7 Å². The quantitative estimate of drug-likeness (QED) is 0.140. The third-order valence-corrected chi connectivity index (χ3v) is 3.83. The number of aliphatic hydroxyl groups excluding tert-OH is 1. The van der Waals surface area contributed by atoms with Gasteiger partial charge in [-0.1, -0.05) is 0 Å². The fraction of sp³-hybridized carbons (Fsp3) is 0.625. The van der Waals surface area contributed by atoms with Gasteiger partial charge in [0.1, 0.15) is 18.1 Å². The summed E-state index contributed by atoms with van der Waals surface area (Å²) in [5.41, 5.74) is 10.4. The molecule has 30 heavy (non-hydrogen) atoms. The number of carboxylic acids is 2. The summed E-state index contributed by atoms with van der Waals surface area (Å²) in [5.74, 6) is -6.42. The maximum Gasteiger partial charge on any atom is 0.326 e. The van der Waals surface area contributed by atoms with E-state index in [1.165, 1.54) is 6.92 Å². The molecule has 0 aromatic heterocycles. The molecule has 5 unspecified atom stereocenters. The molecule has 0 saturated carbocycles.